The Balaban J connectivity index is 0.000000212. The third kappa shape index (κ3) is 15.1. The van der Waals surface area contributed by atoms with E-state index in [1.54, 1.807) is 24.8 Å². The van der Waals surface area contributed by atoms with Gasteiger partial charge in [0.05, 0.1) is 45.3 Å². The maximum absolute atomic E-state index is 11.1. The first-order chi connectivity index (χ1) is 31.2. The van der Waals surface area contributed by atoms with Gasteiger partial charge in [0.2, 0.25) is 0 Å². The molecule has 0 radical (unpaired) electrons. The van der Waals surface area contributed by atoms with Gasteiger partial charge in [-0.15, -0.1) is 0 Å². The topological polar surface area (TPSA) is 187 Å². The summed E-state index contributed by atoms with van der Waals surface area (Å²) in [7, 11) is 0. The molecule has 0 saturated carbocycles. The Morgan fingerprint density at radius 1 is 0.492 bits per heavy atom. The molecule has 0 atom stereocenters. The Labute approximate surface area is 387 Å². The zero-order valence-corrected chi connectivity index (χ0v) is 36.2. The van der Waals surface area contributed by atoms with E-state index in [0.29, 0.717) is 18.0 Å². The molecule has 0 saturated heterocycles. The number of carboxylic acid groups (broad SMARTS) is 2. The van der Waals surface area contributed by atoms with Gasteiger partial charge >= 0.3 is 17.9 Å². The number of nitrogens with zero attached hydrogens (tertiary/aromatic N) is 6. The van der Waals surface area contributed by atoms with E-state index in [4.69, 9.17) is 19.7 Å². The number of hydrogen-bond donors (Lipinski definition) is 2. The van der Waals surface area contributed by atoms with Crippen LogP contribution in [0, 0.1) is 11.8 Å². The van der Waals surface area contributed by atoms with Gasteiger partial charge in [-0.3, -0.25) is 29.9 Å². The molecule has 0 aliphatic carbocycles. The predicted molar refractivity (Wildman–Crippen MR) is 240 cm³/mol. The Bertz CT molecular complexity index is 2780. The number of esters is 1. The molecule has 14 heteroatoms. The van der Waals surface area contributed by atoms with E-state index in [-0.39, 0.29) is 37.2 Å². The average molecular weight is 948 g/mol. The second kappa shape index (κ2) is 24.8. The van der Waals surface area contributed by atoms with Crippen molar-refractivity contribution in [3.05, 3.63) is 223 Å². The molecule has 322 valence electrons. The molecule has 0 amide bonds. The monoisotopic (exact) mass is 948 g/mol. The molecule has 0 aliphatic heterocycles. The summed E-state index contributed by atoms with van der Waals surface area (Å²) >= 11 is 0. The summed E-state index contributed by atoms with van der Waals surface area (Å²) in [5, 5.41) is 17.7. The SMILES string of the molecule is C=CC(=O)OCc1ccc(C#Cc2ccc(OCc3ccnc(-c4ccccn4)c3)cc2)cc1.O=C(O)c1ccnc(-c2cc(C(=O)O)ccn2)c1.[Ru].c1ccc(-c2ccccn2)nc1. The van der Waals surface area contributed by atoms with Crippen molar-refractivity contribution in [2.45, 2.75) is 13.2 Å². The normalized spacial score (nSPS) is 9.78. The van der Waals surface area contributed by atoms with Crippen molar-refractivity contribution < 1.29 is 53.5 Å². The zero-order chi connectivity index (χ0) is 44.9. The first-order valence-corrected chi connectivity index (χ1v) is 19.4. The molecular formula is C51H38N6O7Ru. The minimum atomic E-state index is -1.08. The Morgan fingerprint density at radius 3 is 1.37 bits per heavy atom. The third-order valence-electron chi connectivity index (χ3n) is 8.73. The van der Waals surface area contributed by atoms with Crippen LogP contribution in [0.15, 0.2) is 189 Å². The second-order valence-electron chi connectivity index (χ2n) is 13.2. The van der Waals surface area contributed by atoms with Gasteiger partial charge in [0.1, 0.15) is 19.0 Å². The summed E-state index contributed by atoms with van der Waals surface area (Å²) in [6, 6.07) is 41.9. The Kier molecular flexibility index (Phi) is 18.1. The molecule has 2 aromatic carbocycles. The maximum atomic E-state index is 11.1. The van der Waals surface area contributed by atoms with Crippen molar-refractivity contribution >= 4 is 17.9 Å². The fourth-order valence-corrected chi connectivity index (χ4v) is 5.50. The van der Waals surface area contributed by atoms with E-state index >= 15 is 0 Å². The summed E-state index contributed by atoms with van der Waals surface area (Å²) in [5.74, 6) is 4.46. The van der Waals surface area contributed by atoms with Crippen LogP contribution in [0.25, 0.3) is 34.2 Å². The number of ether oxygens (including phenoxy) is 2. The second-order valence-corrected chi connectivity index (χ2v) is 13.2. The van der Waals surface area contributed by atoms with Crippen molar-refractivity contribution in [1.29, 1.82) is 0 Å². The van der Waals surface area contributed by atoms with Gasteiger partial charge in [0, 0.05) is 73.9 Å². The van der Waals surface area contributed by atoms with E-state index in [9.17, 15) is 14.4 Å². The molecule has 8 aromatic rings. The smallest absolute Gasteiger partial charge is 0.335 e. The van der Waals surface area contributed by atoms with Crippen LogP contribution in [0.2, 0.25) is 0 Å². The summed E-state index contributed by atoms with van der Waals surface area (Å²) in [4.78, 5) is 57.8. The molecule has 6 heterocycles. The first kappa shape index (κ1) is 47.5. The van der Waals surface area contributed by atoms with Crippen LogP contribution in [0.5, 0.6) is 5.75 Å². The number of carbonyl (C=O) groups is 3. The van der Waals surface area contributed by atoms with Gasteiger partial charge in [0.15, 0.2) is 0 Å². The minimum Gasteiger partial charge on any atom is -0.489 e. The number of carbonyl (C=O) groups excluding carboxylic acids is 1. The van der Waals surface area contributed by atoms with Crippen LogP contribution in [-0.2, 0) is 42.2 Å². The van der Waals surface area contributed by atoms with Gasteiger partial charge in [-0.05, 0) is 120 Å². The minimum absolute atomic E-state index is 0. The van der Waals surface area contributed by atoms with Crippen LogP contribution < -0.4 is 4.74 Å². The van der Waals surface area contributed by atoms with E-state index < -0.39 is 17.9 Å². The quantitative estimate of drug-likeness (QED) is 0.0542. The molecule has 8 rings (SSSR count). The van der Waals surface area contributed by atoms with E-state index in [0.717, 1.165) is 56.9 Å². The van der Waals surface area contributed by atoms with Crippen LogP contribution >= 0.6 is 0 Å². The van der Waals surface area contributed by atoms with E-state index in [1.165, 1.54) is 36.7 Å². The van der Waals surface area contributed by atoms with Gasteiger partial charge in [-0.2, -0.15) is 0 Å². The van der Waals surface area contributed by atoms with Crippen molar-refractivity contribution in [1.82, 2.24) is 29.9 Å². The molecule has 0 unspecified atom stereocenters. The molecule has 2 N–H and O–H groups in total. The van der Waals surface area contributed by atoms with Crippen molar-refractivity contribution in [3.63, 3.8) is 0 Å². The molecule has 65 heavy (non-hydrogen) atoms. The molecule has 13 nitrogen and oxygen atoms in total. The van der Waals surface area contributed by atoms with E-state index in [2.05, 4.69) is 48.3 Å². The van der Waals surface area contributed by atoms with Gasteiger partial charge in [-0.1, -0.05) is 48.8 Å². The number of hydrogen-bond acceptors (Lipinski definition) is 11. The van der Waals surface area contributed by atoms with Crippen LogP contribution in [0.1, 0.15) is 43.0 Å². The summed E-state index contributed by atoms with van der Waals surface area (Å²) in [5.41, 5.74) is 7.93. The fraction of sp³-hybridized carbons (Fsp3) is 0.0392. The van der Waals surface area contributed by atoms with Crippen molar-refractivity contribution in [2.75, 3.05) is 0 Å². The van der Waals surface area contributed by atoms with Gasteiger partial charge < -0.3 is 19.7 Å². The standard InChI is InChI=1S/C29H22N2O3.C12H8N2O4.C10H8N2.Ru/c1-2-29(32)34-20-24-10-8-22(9-11-24)6-7-23-12-14-26(15-13-23)33-21-25-16-18-31-28(19-25)27-5-3-4-17-30-27;15-11(16)7-1-3-13-9(5-7)10-6-8(12(17)18)2-4-14-10;1-3-7-11-9(5-1)10-6-2-4-8-12-10;/h2-5,8-19H,1,20-21H2;1-6H,(H,15,16)(H,17,18);1-8H;. The fourth-order valence-electron chi connectivity index (χ4n) is 5.50. The number of carboxylic acids is 2. The zero-order valence-electron chi connectivity index (χ0n) is 34.4. The van der Waals surface area contributed by atoms with Crippen LogP contribution in [0.4, 0.5) is 0 Å². The summed E-state index contributed by atoms with van der Waals surface area (Å²) < 4.78 is 10.9. The molecule has 0 bridgehead atoms. The molecule has 0 aliphatic rings. The molecule has 0 fully saturated rings. The average Bonchev–Trinajstić information content (AvgIpc) is 3.36. The number of benzene rings is 2. The van der Waals surface area contributed by atoms with Gasteiger partial charge in [-0.25, -0.2) is 14.4 Å². The maximum Gasteiger partial charge on any atom is 0.335 e. The van der Waals surface area contributed by atoms with Crippen LogP contribution in [0.3, 0.4) is 0 Å². The van der Waals surface area contributed by atoms with Gasteiger partial charge in [0.25, 0.3) is 0 Å². The summed E-state index contributed by atoms with van der Waals surface area (Å²) in [6.07, 6.45) is 10.9. The Hall–Kier alpha value is -8.53. The van der Waals surface area contributed by atoms with Crippen molar-refractivity contribution in [3.8, 4) is 51.8 Å². The van der Waals surface area contributed by atoms with Crippen molar-refractivity contribution in [2.24, 2.45) is 0 Å². The molecule has 0 spiro atoms. The van der Waals surface area contributed by atoms with E-state index in [1.807, 2.05) is 115 Å². The summed E-state index contributed by atoms with van der Waals surface area (Å²) in [6.45, 7) is 4.02. The van der Waals surface area contributed by atoms with Crippen LogP contribution in [-0.4, -0.2) is 58.0 Å². The number of pyridine rings is 6. The number of aromatic nitrogens is 6. The number of aromatic carboxylic acids is 2. The molecule has 6 aromatic heterocycles. The first-order valence-electron chi connectivity index (χ1n) is 19.4. The Morgan fingerprint density at radius 2 is 0.923 bits per heavy atom. The molecular weight excluding hydrogens is 910 g/mol. The number of rotatable bonds is 11. The third-order valence-corrected chi connectivity index (χ3v) is 8.73. The largest absolute Gasteiger partial charge is 0.489 e. The predicted octanol–water partition coefficient (Wildman–Crippen LogP) is 9.03.